The highest BCUT2D eigenvalue weighted by molar-refractivity contribution is 5.97. The summed E-state index contributed by atoms with van der Waals surface area (Å²) in [7, 11) is 1.63. The van der Waals surface area contributed by atoms with Crippen LogP contribution in [0.15, 0.2) is 103 Å². The lowest BCUT2D eigenvalue weighted by atomic mass is 10.0. The second-order valence-corrected chi connectivity index (χ2v) is 9.43. The maximum absolute atomic E-state index is 13.1. The number of hydrogen-bond acceptors (Lipinski definition) is 6. The predicted molar refractivity (Wildman–Crippen MR) is 151 cm³/mol. The average Bonchev–Trinajstić information content (AvgIpc) is 2.97. The van der Waals surface area contributed by atoms with Gasteiger partial charge in [0.2, 0.25) is 0 Å². The van der Waals surface area contributed by atoms with Crippen LogP contribution in [0.4, 0.5) is 5.69 Å². The number of nitrogens with zero attached hydrogens (tertiary/aromatic N) is 2. The standard InChI is InChI=1S/C32H32N2O5/c1-24(19-25-13-16-29(38-2)17-14-25)33(22-31(35)28-11-7-4-8-12-28)21-27-15-18-32(30(20-27)34(36)37)39-23-26-9-5-3-6-10-26/h3-18,20,24H,19,21-23H2,1-2H3. The summed E-state index contributed by atoms with van der Waals surface area (Å²) in [5, 5.41) is 11.9. The van der Waals surface area contributed by atoms with Crippen molar-refractivity contribution >= 4 is 11.5 Å². The van der Waals surface area contributed by atoms with E-state index in [0.29, 0.717) is 18.5 Å². The molecule has 0 saturated heterocycles. The Hall–Kier alpha value is -4.49. The molecule has 4 aromatic carbocycles. The van der Waals surface area contributed by atoms with Crippen LogP contribution in [0.2, 0.25) is 0 Å². The average molecular weight is 525 g/mol. The van der Waals surface area contributed by atoms with Gasteiger partial charge < -0.3 is 9.47 Å². The zero-order valence-corrected chi connectivity index (χ0v) is 22.2. The fourth-order valence-corrected chi connectivity index (χ4v) is 4.40. The number of carbonyl (C=O) groups excluding carboxylic acids is 1. The predicted octanol–water partition coefficient (Wildman–Crippen LogP) is 6.50. The molecule has 0 radical (unpaired) electrons. The van der Waals surface area contributed by atoms with Gasteiger partial charge in [-0.25, -0.2) is 0 Å². The van der Waals surface area contributed by atoms with Gasteiger partial charge in [0.15, 0.2) is 11.5 Å². The second-order valence-electron chi connectivity index (χ2n) is 9.43. The topological polar surface area (TPSA) is 81.9 Å². The van der Waals surface area contributed by atoms with Gasteiger partial charge in [0.05, 0.1) is 18.6 Å². The highest BCUT2D eigenvalue weighted by Crippen LogP contribution is 2.30. The third kappa shape index (κ3) is 7.75. The fraction of sp³-hybridized carbons (Fsp3) is 0.219. The molecule has 0 bridgehead atoms. The minimum atomic E-state index is -0.427. The Balaban J connectivity index is 1.54. The SMILES string of the molecule is COc1ccc(CC(C)N(CC(=O)c2ccccc2)Cc2ccc(OCc3ccccc3)c([N+](=O)[O-])c2)cc1. The summed E-state index contributed by atoms with van der Waals surface area (Å²) in [4.78, 5) is 26.7. The molecule has 4 rings (SSSR count). The molecule has 200 valence electrons. The van der Waals surface area contributed by atoms with Gasteiger partial charge in [-0.1, -0.05) is 78.9 Å². The van der Waals surface area contributed by atoms with Crippen molar-refractivity contribution in [2.45, 2.75) is 32.5 Å². The van der Waals surface area contributed by atoms with E-state index in [2.05, 4.69) is 11.8 Å². The zero-order chi connectivity index (χ0) is 27.6. The summed E-state index contributed by atoms with van der Waals surface area (Å²) >= 11 is 0. The number of rotatable bonds is 13. The third-order valence-corrected chi connectivity index (χ3v) is 6.60. The van der Waals surface area contributed by atoms with E-state index in [1.54, 1.807) is 31.4 Å². The van der Waals surface area contributed by atoms with Crippen LogP contribution in [0.1, 0.15) is 34.0 Å². The third-order valence-electron chi connectivity index (χ3n) is 6.60. The first kappa shape index (κ1) is 27.5. The van der Waals surface area contributed by atoms with Crippen molar-refractivity contribution in [2.75, 3.05) is 13.7 Å². The van der Waals surface area contributed by atoms with Crippen LogP contribution in [0.3, 0.4) is 0 Å². The Morgan fingerprint density at radius 2 is 1.51 bits per heavy atom. The summed E-state index contributed by atoms with van der Waals surface area (Å²) in [6.45, 7) is 2.85. The summed E-state index contributed by atoms with van der Waals surface area (Å²) < 4.78 is 11.1. The lowest BCUT2D eigenvalue weighted by molar-refractivity contribution is -0.386. The first-order chi connectivity index (χ1) is 18.9. The molecule has 0 aliphatic carbocycles. The van der Waals surface area contributed by atoms with Gasteiger partial charge in [-0.15, -0.1) is 0 Å². The Kier molecular flexibility index (Phi) is 9.43. The van der Waals surface area contributed by atoms with Gasteiger partial charge in [-0.05, 0) is 48.2 Å². The van der Waals surface area contributed by atoms with Crippen LogP contribution in [0.5, 0.6) is 11.5 Å². The summed E-state index contributed by atoms with van der Waals surface area (Å²) in [5.74, 6) is 0.990. The number of methoxy groups -OCH3 is 1. The largest absolute Gasteiger partial charge is 0.497 e. The first-order valence-corrected chi connectivity index (χ1v) is 12.8. The Morgan fingerprint density at radius 1 is 0.872 bits per heavy atom. The Bertz CT molecular complexity index is 1380. The lowest BCUT2D eigenvalue weighted by Crippen LogP contribution is -2.38. The van der Waals surface area contributed by atoms with Crippen LogP contribution in [0.25, 0.3) is 0 Å². The van der Waals surface area contributed by atoms with Crippen LogP contribution >= 0.6 is 0 Å². The molecule has 0 aromatic heterocycles. The molecule has 0 aliphatic heterocycles. The van der Waals surface area contributed by atoms with Gasteiger partial charge in [0, 0.05) is 24.2 Å². The number of benzene rings is 4. The molecule has 7 heteroatoms. The quantitative estimate of drug-likeness (QED) is 0.113. The van der Waals surface area contributed by atoms with E-state index in [0.717, 1.165) is 22.4 Å². The van der Waals surface area contributed by atoms with Gasteiger partial charge >= 0.3 is 5.69 Å². The molecular weight excluding hydrogens is 492 g/mol. The number of nitro benzene ring substituents is 1. The molecular formula is C32H32N2O5. The highest BCUT2D eigenvalue weighted by atomic mass is 16.6. The van der Waals surface area contributed by atoms with Crippen LogP contribution < -0.4 is 9.47 Å². The van der Waals surface area contributed by atoms with Crippen LogP contribution in [-0.4, -0.2) is 35.3 Å². The summed E-state index contributed by atoms with van der Waals surface area (Å²) in [6, 6.07) is 31.5. The minimum Gasteiger partial charge on any atom is -0.497 e. The Labute approximate surface area is 228 Å². The van der Waals surface area contributed by atoms with Crippen molar-refractivity contribution < 1.29 is 19.2 Å². The molecule has 0 aliphatic rings. The van der Waals surface area contributed by atoms with Crippen molar-refractivity contribution in [3.05, 3.63) is 135 Å². The molecule has 0 saturated carbocycles. The molecule has 4 aromatic rings. The van der Waals surface area contributed by atoms with Crippen molar-refractivity contribution in [3.63, 3.8) is 0 Å². The zero-order valence-electron chi connectivity index (χ0n) is 22.2. The van der Waals surface area contributed by atoms with Gasteiger partial charge in [-0.2, -0.15) is 0 Å². The van der Waals surface area contributed by atoms with Gasteiger partial charge in [-0.3, -0.25) is 19.8 Å². The molecule has 0 fully saturated rings. The normalized spacial score (nSPS) is 11.7. The van der Waals surface area contributed by atoms with Crippen LogP contribution in [0, 0.1) is 10.1 Å². The fourth-order valence-electron chi connectivity index (χ4n) is 4.40. The first-order valence-electron chi connectivity index (χ1n) is 12.8. The number of Topliss-reactive ketones (excluding diaryl/α,β-unsaturated/α-hetero) is 1. The van der Waals surface area contributed by atoms with E-state index in [1.807, 2.05) is 78.9 Å². The molecule has 0 spiro atoms. The summed E-state index contributed by atoms with van der Waals surface area (Å²) in [6.07, 6.45) is 0.701. The minimum absolute atomic E-state index is 0.00510. The van der Waals surface area contributed by atoms with Crippen molar-refractivity contribution in [1.82, 2.24) is 4.90 Å². The van der Waals surface area contributed by atoms with E-state index in [9.17, 15) is 14.9 Å². The highest BCUT2D eigenvalue weighted by Gasteiger charge is 2.22. The number of hydrogen-bond donors (Lipinski definition) is 0. The summed E-state index contributed by atoms with van der Waals surface area (Å²) in [5.41, 5.74) is 3.30. The number of carbonyl (C=O) groups is 1. The van der Waals surface area contributed by atoms with Crippen LogP contribution in [-0.2, 0) is 19.6 Å². The van der Waals surface area contributed by atoms with Gasteiger partial charge in [0.25, 0.3) is 0 Å². The van der Waals surface area contributed by atoms with E-state index in [1.165, 1.54) is 0 Å². The number of nitro groups is 1. The second kappa shape index (κ2) is 13.3. The van der Waals surface area contributed by atoms with Gasteiger partial charge in [0.1, 0.15) is 12.4 Å². The number of ketones is 1. The maximum atomic E-state index is 13.1. The maximum Gasteiger partial charge on any atom is 0.311 e. The molecule has 1 unspecified atom stereocenters. The lowest BCUT2D eigenvalue weighted by Gasteiger charge is -2.29. The van der Waals surface area contributed by atoms with Crippen molar-refractivity contribution in [1.29, 1.82) is 0 Å². The smallest absolute Gasteiger partial charge is 0.311 e. The van der Waals surface area contributed by atoms with Crippen molar-refractivity contribution in [2.24, 2.45) is 0 Å². The van der Waals surface area contributed by atoms with Crippen molar-refractivity contribution in [3.8, 4) is 11.5 Å². The number of ether oxygens (including phenoxy) is 2. The van der Waals surface area contributed by atoms with E-state index in [-0.39, 0.29) is 36.4 Å². The molecule has 0 heterocycles. The van der Waals surface area contributed by atoms with E-state index in [4.69, 9.17) is 9.47 Å². The Morgan fingerprint density at radius 3 is 2.15 bits per heavy atom. The molecule has 0 N–H and O–H groups in total. The molecule has 0 amide bonds. The monoisotopic (exact) mass is 524 g/mol. The molecule has 39 heavy (non-hydrogen) atoms. The van der Waals surface area contributed by atoms with E-state index >= 15 is 0 Å². The molecule has 1 atom stereocenters. The molecule has 7 nitrogen and oxygen atoms in total. The van der Waals surface area contributed by atoms with E-state index < -0.39 is 4.92 Å².